The number of aryl methyl sites for hydroxylation is 1. The highest BCUT2D eigenvalue weighted by Gasteiger charge is 2.26. The second-order valence-corrected chi connectivity index (χ2v) is 5.63. The number of aromatic amines is 1. The van der Waals surface area contributed by atoms with Crippen molar-refractivity contribution >= 4 is 5.91 Å². The van der Waals surface area contributed by atoms with E-state index in [9.17, 15) is 9.59 Å². The lowest BCUT2D eigenvalue weighted by Gasteiger charge is -2.32. The molecule has 1 aromatic carbocycles. The Labute approximate surface area is 133 Å². The van der Waals surface area contributed by atoms with E-state index in [4.69, 9.17) is 4.74 Å². The first-order valence-electron chi connectivity index (χ1n) is 7.72. The molecule has 23 heavy (non-hydrogen) atoms. The lowest BCUT2D eigenvalue weighted by molar-refractivity contribution is -0.751. The summed E-state index contributed by atoms with van der Waals surface area (Å²) in [5.74, 6) is -0.0555. The van der Waals surface area contributed by atoms with E-state index in [0.717, 1.165) is 12.8 Å². The fourth-order valence-electron chi connectivity index (χ4n) is 2.70. The maximum Gasteiger partial charge on any atom is 0.426 e. The number of carbonyl (C=O) groups is 1. The third-order valence-corrected chi connectivity index (χ3v) is 3.92. The van der Waals surface area contributed by atoms with Crippen LogP contribution in [-0.4, -0.2) is 41.9 Å². The summed E-state index contributed by atoms with van der Waals surface area (Å²) in [6, 6.07) is 10.2. The minimum atomic E-state index is -0.500. The molecule has 3 rings (SSSR count). The Morgan fingerprint density at radius 2 is 2.17 bits per heavy atom. The van der Waals surface area contributed by atoms with E-state index in [1.54, 1.807) is 4.90 Å². The number of ether oxygens (including phenoxy) is 1. The summed E-state index contributed by atoms with van der Waals surface area (Å²) in [6.07, 6.45) is 3.08. The molecule has 1 aromatic heterocycles. The predicted molar refractivity (Wildman–Crippen MR) is 80.6 cm³/mol. The van der Waals surface area contributed by atoms with Gasteiger partial charge in [0.1, 0.15) is 0 Å². The molecule has 2 aromatic rings. The summed E-state index contributed by atoms with van der Waals surface area (Å²) in [6.45, 7) is 1.76. The SMILES string of the molecule is O=C(C[n+]1cc(=O)o[nH]1)N1CCO[C@@H](CCc2ccccc2)C1. The van der Waals surface area contributed by atoms with Crippen LogP contribution in [0.1, 0.15) is 12.0 Å². The average molecular weight is 318 g/mol. The molecule has 0 saturated carbocycles. The van der Waals surface area contributed by atoms with Gasteiger partial charge >= 0.3 is 5.63 Å². The van der Waals surface area contributed by atoms with Crippen LogP contribution in [-0.2, 0) is 22.5 Å². The van der Waals surface area contributed by atoms with Crippen molar-refractivity contribution in [2.45, 2.75) is 25.5 Å². The molecule has 0 spiro atoms. The number of carbonyl (C=O) groups excluding carboxylic acids is 1. The molecule has 7 heteroatoms. The van der Waals surface area contributed by atoms with Crippen molar-refractivity contribution < 1.29 is 18.7 Å². The number of hydrogen-bond acceptors (Lipinski definition) is 4. The number of aromatic nitrogens is 2. The highest BCUT2D eigenvalue weighted by molar-refractivity contribution is 5.74. The zero-order valence-corrected chi connectivity index (χ0v) is 12.8. The van der Waals surface area contributed by atoms with Gasteiger partial charge in [0.15, 0.2) is 0 Å². The van der Waals surface area contributed by atoms with Gasteiger partial charge in [-0.15, -0.1) is 0 Å². The van der Waals surface area contributed by atoms with E-state index in [0.29, 0.717) is 19.7 Å². The first-order valence-corrected chi connectivity index (χ1v) is 7.72. The second kappa shape index (κ2) is 7.23. The Bertz CT molecular complexity index is 695. The smallest absolute Gasteiger partial charge is 0.375 e. The van der Waals surface area contributed by atoms with Gasteiger partial charge in [-0.3, -0.25) is 9.32 Å². The highest BCUT2D eigenvalue weighted by Crippen LogP contribution is 2.12. The van der Waals surface area contributed by atoms with Crippen LogP contribution in [0.15, 0.2) is 45.8 Å². The van der Waals surface area contributed by atoms with Gasteiger partial charge in [0.25, 0.3) is 18.6 Å². The molecule has 1 amide bonds. The monoisotopic (exact) mass is 318 g/mol. The maximum absolute atomic E-state index is 12.3. The minimum Gasteiger partial charge on any atom is -0.375 e. The number of H-pyrrole nitrogens is 1. The Balaban J connectivity index is 1.51. The van der Waals surface area contributed by atoms with Crippen LogP contribution in [0, 0.1) is 0 Å². The number of benzene rings is 1. The molecule has 1 aliphatic rings. The molecule has 1 N–H and O–H groups in total. The average Bonchev–Trinajstić information content (AvgIpc) is 2.99. The molecule has 1 atom stereocenters. The van der Waals surface area contributed by atoms with E-state index in [1.165, 1.54) is 16.4 Å². The number of amides is 1. The highest BCUT2D eigenvalue weighted by atomic mass is 16.5. The van der Waals surface area contributed by atoms with Gasteiger partial charge < -0.3 is 9.64 Å². The molecular formula is C16H20N3O4+. The van der Waals surface area contributed by atoms with Crippen LogP contribution >= 0.6 is 0 Å². The zero-order valence-electron chi connectivity index (χ0n) is 12.8. The van der Waals surface area contributed by atoms with Gasteiger partial charge in [-0.2, -0.15) is 0 Å². The lowest BCUT2D eigenvalue weighted by atomic mass is 10.1. The number of rotatable bonds is 5. The van der Waals surface area contributed by atoms with E-state index in [1.807, 2.05) is 18.2 Å². The van der Waals surface area contributed by atoms with Crippen molar-refractivity contribution in [1.82, 2.24) is 10.2 Å². The van der Waals surface area contributed by atoms with Gasteiger partial charge in [0, 0.05) is 13.1 Å². The van der Waals surface area contributed by atoms with Crippen molar-refractivity contribution in [1.29, 1.82) is 0 Å². The number of nitrogens with zero attached hydrogens (tertiary/aromatic N) is 2. The first-order chi connectivity index (χ1) is 11.2. The molecule has 1 aliphatic heterocycles. The standard InChI is InChI=1S/C16H19N3O4/c20-15(11-19-12-16(21)23-17-19)18-8-9-22-14(10-18)7-6-13-4-2-1-3-5-13/h1-5,12,14H,6-11H2/p+1/t14-/m0/s1. The van der Waals surface area contributed by atoms with E-state index >= 15 is 0 Å². The topological polar surface area (TPSA) is 79.4 Å². The number of morpholine rings is 1. The van der Waals surface area contributed by atoms with Crippen LogP contribution in [0.3, 0.4) is 0 Å². The lowest BCUT2D eigenvalue weighted by Crippen LogP contribution is -2.51. The normalized spacial score (nSPS) is 18.1. The Morgan fingerprint density at radius 1 is 1.35 bits per heavy atom. The zero-order chi connectivity index (χ0) is 16.1. The third kappa shape index (κ3) is 4.29. The van der Waals surface area contributed by atoms with Crippen molar-refractivity contribution in [2.75, 3.05) is 19.7 Å². The second-order valence-electron chi connectivity index (χ2n) is 5.63. The third-order valence-electron chi connectivity index (χ3n) is 3.92. The first kappa shape index (κ1) is 15.5. The number of hydrogen-bond donors (Lipinski definition) is 1. The maximum atomic E-state index is 12.3. The van der Waals surface area contributed by atoms with Crippen molar-refractivity contribution in [2.24, 2.45) is 0 Å². The Hall–Kier alpha value is -2.41. The molecule has 2 heterocycles. The van der Waals surface area contributed by atoms with E-state index in [2.05, 4.69) is 21.9 Å². The van der Waals surface area contributed by atoms with Gasteiger partial charge in [-0.1, -0.05) is 35.0 Å². The summed E-state index contributed by atoms with van der Waals surface area (Å²) < 4.78 is 11.7. The van der Waals surface area contributed by atoms with E-state index in [-0.39, 0.29) is 18.6 Å². The van der Waals surface area contributed by atoms with Crippen LogP contribution in [0.25, 0.3) is 0 Å². The van der Waals surface area contributed by atoms with Gasteiger partial charge in [0.2, 0.25) is 0 Å². The minimum absolute atomic E-state index is 0.0429. The van der Waals surface area contributed by atoms with Crippen LogP contribution in [0.2, 0.25) is 0 Å². The molecule has 0 radical (unpaired) electrons. The van der Waals surface area contributed by atoms with Crippen molar-refractivity contribution in [3.63, 3.8) is 0 Å². The summed E-state index contributed by atoms with van der Waals surface area (Å²) in [5, 5.41) is 2.38. The quantitative estimate of drug-likeness (QED) is 0.794. The molecule has 122 valence electrons. The van der Waals surface area contributed by atoms with Gasteiger partial charge in [-0.25, -0.2) is 4.79 Å². The predicted octanol–water partition coefficient (Wildman–Crippen LogP) is 0.116. The molecular weight excluding hydrogens is 298 g/mol. The van der Waals surface area contributed by atoms with Crippen LogP contribution in [0.4, 0.5) is 0 Å². The van der Waals surface area contributed by atoms with Gasteiger partial charge in [0.05, 0.1) is 12.7 Å². The Morgan fingerprint density at radius 3 is 2.91 bits per heavy atom. The van der Waals surface area contributed by atoms with Crippen LogP contribution < -0.4 is 10.3 Å². The van der Waals surface area contributed by atoms with Crippen molar-refractivity contribution in [3.8, 4) is 0 Å². The number of nitrogens with one attached hydrogen (secondary N) is 1. The largest absolute Gasteiger partial charge is 0.426 e. The molecule has 7 nitrogen and oxygen atoms in total. The van der Waals surface area contributed by atoms with Gasteiger partial charge in [-0.05, 0) is 23.7 Å². The molecule has 0 aliphatic carbocycles. The fraction of sp³-hybridized carbons (Fsp3) is 0.438. The fourth-order valence-corrected chi connectivity index (χ4v) is 2.70. The summed E-state index contributed by atoms with van der Waals surface area (Å²) in [4.78, 5) is 25.0. The Kier molecular flexibility index (Phi) is 4.87. The van der Waals surface area contributed by atoms with Crippen molar-refractivity contribution in [3.05, 3.63) is 52.5 Å². The molecule has 1 saturated heterocycles. The summed E-state index contributed by atoms with van der Waals surface area (Å²) >= 11 is 0. The molecule has 1 fully saturated rings. The summed E-state index contributed by atoms with van der Waals surface area (Å²) in [5.41, 5.74) is 0.770. The molecule has 0 bridgehead atoms. The van der Waals surface area contributed by atoms with E-state index < -0.39 is 5.63 Å². The van der Waals surface area contributed by atoms with Crippen LogP contribution in [0.5, 0.6) is 0 Å². The molecule has 0 unspecified atom stereocenters. The summed E-state index contributed by atoms with van der Waals surface area (Å²) in [7, 11) is 0.